The predicted molar refractivity (Wildman–Crippen MR) is 43.9 cm³/mol. The Labute approximate surface area is 62.4 Å². The molecule has 0 bridgehead atoms. The van der Waals surface area contributed by atoms with Gasteiger partial charge in [-0.3, -0.25) is 4.79 Å². The van der Waals surface area contributed by atoms with Crippen LogP contribution in [0.1, 0.15) is 26.7 Å². The Kier molecular flexibility index (Phi) is 5.74. The van der Waals surface area contributed by atoms with Gasteiger partial charge in [-0.15, -0.1) is 0 Å². The average molecular weight is 138 g/mol. The molecule has 0 saturated carbocycles. The lowest BCUT2D eigenvalue weighted by Crippen LogP contribution is -1.82. The topological polar surface area (TPSA) is 17.1 Å². The van der Waals surface area contributed by atoms with Crippen LogP contribution in [0.15, 0.2) is 23.8 Å². The van der Waals surface area contributed by atoms with Crippen LogP contribution in [0.2, 0.25) is 0 Å². The van der Waals surface area contributed by atoms with E-state index in [4.69, 9.17) is 0 Å². The number of carbonyl (C=O) groups is 1. The Bertz CT molecular complexity index is 143. The van der Waals surface area contributed by atoms with Gasteiger partial charge in [0, 0.05) is 0 Å². The Morgan fingerprint density at radius 2 is 2.10 bits per heavy atom. The lowest BCUT2D eigenvalue weighted by molar-refractivity contribution is -0.105. The smallest absolute Gasteiger partial charge is 0.145 e. The third kappa shape index (κ3) is 4.07. The highest BCUT2D eigenvalue weighted by atomic mass is 16.1. The van der Waals surface area contributed by atoms with Crippen molar-refractivity contribution >= 4 is 6.29 Å². The van der Waals surface area contributed by atoms with E-state index in [0.717, 1.165) is 24.7 Å². The SMILES string of the molecule is C/C=C\CC/C(C=O)=C\C. The van der Waals surface area contributed by atoms with E-state index in [-0.39, 0.29) is 0 Å². The fraction of sp³-hybridized carbons (Fsp3) is 0.444. The van der Waals surface area contributed by atoms with Gasteiger partial charge < -0.3 is 0 Å². The van der Waals surface area contributed by atoms with Crippen LogP contribution in [0.5, 0.6) is 0 Å². The zero-order chi connectivity index (χ0) is 7.82. The summed E-state index contributed by atoms with van der Waals surface area (Å²) in [6.07, 6.45) is 8.67. The maximum absolute atomic E-state index is 10.2. The number of rotatable bonds is 4. The van der Waals surface area contributed by atoms with Crippen molar-refractivity contribution < 1.29 is 4.79 Å². The molecule has 0 aromatic heterocycles. The lowest BCUT2D eigenvalue weighted by Gasteiger charge is -1.91. The number of hydrogen-bond donors (Lipinski definition) is 0. The molecule has 0 saturated heterocycles. The van der Waals surface area contributed by atoms with Crippen molar-refractivity contribution in [1.82, 2.24) is 0 Å². The summed E-state index contributed by atoms with van der Waals surface area (Å²) < 4.78 is 0. The average Bonchev–Trinajstić information content (AvgIpc) is 1.99. The summed E-state index contributed by atoms with van der Waals surface area (Å²) in [4.78, 5) is 10.2. The van der Waals surface area contributed by atoms with Gasteiger partial charge in [0.1, 0.15) is 6.29 Å². The second-order valence-corrected chi connectivity index (χ2v) is 2.09. The molecule has 0 amide bonds. The summed E-state index contributed by atoms with van der Waals surface area (Å²) in [5.41, 5.74) is 0.887. The quantitative estimate of drug-likeness (QED) is 0.331. The molecule has 10 heavy (non-hydrogen) atoms. The second kappa shape index (κ2) is 6.27. The summed E-state index contributed by atoms with van der Waals surface area (Å²) in [7, 11) is 0. The summed E-state index contributed by atoms with van der Waals surface area (Å²) in [6.45, 7) is 3.87. The predicted octanol–water partition coefficient (Wildman–Crippen LogP) is 2.49. The number of carbonyl (C=O) groups excluding carboxylic acids is 1. The van der Waals surface area contributed by atoms with Crippen LogP contribution < -0.4 is 0 Å². The number of allylic oxidation sites excluding steroid dienone is 4. The molecular formula is C9H14O. The maximum Gasteiger partial charge on any atom is 0.145 e. The number of aldehydes is 1. The van der Waals surface area contributed by atoms with E-state index < -0.39 is 0 Å². The third-order valence-corrected chi connectivity index (χ3v) is 1.36. The van der Waals surface area contributed by atoms with Crippen LogP contribution in [-0.2, 0) is 4.79 Å². The normalized spacial score (nSPS) is 12.4. The van der Waals surface area contributed by atoms with Crippen LogP contribution in [0.3, 0.4) is 0 Å². The van der Waals surface area contributed by atoms with E-state index in [2.05, 4.69) is 6.08 Å². The van der Waals surface area contributed by atoms with E-state index >= 15 is 0 Å². The second-order valence-electron chi connectivity index (χ2n) is 2.09. The van der Waals surface area contributed by atoms with Crippen LogP contribution >= 0.6 is 0 Å². The largest absolute Gasteiger partial charge is 0.298 e. The molecule has 0 rings (SSSR count). The Morgan fingerprint density at radius 3 is 2.50 bits per heavy atom. The molecule has 0 heterocycles. The summed E-state index contributed by atoms with van der Waals surface area (Å²) in [5.74, 6) is 0. The molecule has 0 radical (unpaired) electrons. The molecule has 0 N–H and O–H groups in total. The Hall–Kier alpha value is -0.850. The maximum atomic E-state index is 10.2. The van der Waals surface area contributed by atoms with Crippen LogP contribution in [0.25, 0.3) is 0 Å². The van der Waals surface area contributed by atoms with Crippen LogP contribution in [0.4, 0.5) is 0 Å². The molecule has 0 spiro atoms. The highest BCUT2D eigenvalue weighted by molar-refractivity contribution is 5.72. The van der Waals surface area contributed by atoms with Gasteiger partial charge in [0.05, 0.1) is 0 Å². The molecule has 0 aromatic rings. The van der Waals surface area contributed by atoms with Gasteiger partial charge in [0.2, 0.25) is 0 Å². The minimum absolute atomic E-state index is 0.865. The first-order chi connectivity index (χ1) is 4.85. The molecule has 56 valence electrons. The standard InChI is InChI=1S/C9H14O/c1-3-5-6-7-9(4-2)8-10/h3-5,8H,6-7H2,1-2H3/b5-3-,9-4+. The molecule has 0 atom stereocenters. The molecule has 0 aliphatic carbocycles. The van der Waals surface area contributed by atoms with E-state index in [0.29, 0.717) is 0 Å². The molecule has 1 heteroatoms. The molecule has 0 fully saturated rings. The van der Waals surface area contributed by atoms with E-state index in [1.165, 1.54) is 0 Å². The van der Waals surface area contributed by atoms with Crippen LogP contribution in [-0.4, -0.2) is 6.29 Å². The summed E-state index contributed by atoms with van der Waals surface area (Å²) >= 11 is 0. The van der Waals surface area contributed by atoms with Crippen molar-refractivity contribution in [3.63, 3.8) is 0 Å². The third-order valence-electron chi connectivity index (χ3n) is 1.36. The van der Waals surface area contributed by atoms with Crippen molar-refractivity contribution in [3.05, 3.63) is 23.8 Å². The van der Waals surface area contributed by atoms with Gasteiger partial charge in [-0.05, 0) is 32.3 Å². The molecule has 1 nitrogen and oxygen atoms in total. The molecular weight excluding hydrogens is 124 g/mol. The van der Waals surface area contributed by atoms with Crippen molar-refractivity contribution in [2.45, 2.75) is 26.7 Å². The van der Waals surface area contributed by atoms with Gasteiger partial charge in [-0.2, -0.15) is 0 Å². The van der Waals surface area contributed by atoms with Crippen LogP contribution in [0, 0.1) is 0 Å². The molecule has 0 unspecified atom stereocenters. The van der Waals surface area contributed by atoms with Crippen molar-refractivity contribution in [3.8, 4) is 0 Å². The fourth-order valence-electron chi connectivity index (χ4n) is 0.688. The van der Waals surface area contributed by atoms with Gasteiger partial charge in [-0.1, -0.05) is 18.2 Å². The van der Waals surface area contributed by atoms with E-state index in [1.54, 1.807) is 0 Å². The highest BCUT2D eigenvalue weighted by Crippen LogP contribution is 2.01. The van der Waals surface area contributed by atoms with E-state index in [1.807, 2.05) is 26.0 Å². The zero-order valence-electron chi connectivity index (χ0n) is 6.63. The zero-order valence-corrected chi connectivity index (χ0v) is 6.63. The number of hydrogen-bond acceptors (Lipinski definition) is 1. The summed E-state index contributed by atoms with van der Waals surface area (Å²) in [5, 5.41) is 0. The highest BCUT2D eigenvalue weighted by Gasteiger charge is 1.89. The van der Waals surface area contributed by atoms with Gasteiger partial charge in [0.15, 0.2) is 0 Å². The summed E-state index contributed by atoms with van der Waals surface area (Å²) in [6, 6.07) is 0. The Morgan fingerprint density at radius 1 is 1.40 bits per heavy atom. The first-order valence-corrected chi connectivity index (χ1v) is 3.56. The minimum Gasteiger partial charge on any atom is -0.298 e. The molecule has 0 aromatic carbocycles. The minimum atomic E-state index is 0.865. The Balaban J connectivity index is 3.56. The molecule has 0 aliphatic heterocycles. The van der Waals surface area contributed by atoms with E-state index in [9.17, 15) is 4.79 Å². The lowest BCUT2D eigenvalue weighted by atomic mass is 10.1. The first-order valence-electron chi connectivity index (χ1n) is 3.56. The first kappa shape index (κ1) is 9.15. The van der Waals surface area contributed by atoms with Gasteiger partial charge in [-0.25, -0.2) is 0 Å². The molecule has 0 aliphatic rings. The van der Waals surface area contributed by atoms with Crippen molar-refractivity contribution in [2.24, 2.45) is 0 Å². The van der Waals surface area contributed by atoms with Gasteiger partial charge >= 0.3 is 0 Å². The van der Waals surface area contributed by atoms with Crippen molar-refractivity contribution in [2.75, 3.05) is 0 Å². The fourth-order valence-corrected chi connectivity index (χ4v) is 0.688. The van der Waals surface area contributed by atoms with Crippen molar-refractivity contribution in [1.29, 1.82) is 0 Å². The monoisotopic (exact) mass is 138 g/mol. The van der Waals surface area contributed by atoms with Gasteiger partial charge in [0.25, 0.3) is 0 Å².